The Bertz CT molecular complexity index is 3390. The van der Waals surface area contributed by atoms with E-state index in [4.69, 9.17) is 10.6 Å². The molecule has 96 heavy (non-hydrogen) atoms. The quantitative estimate of drug-likeness (QED) is 0.0215. The van der Waals surface area contributed by atoms with E-state index in [1.807, 2.05) is 34.6 Å². The predicted octanol–water partition coefficient (Wildman–Crippen LogP) is 13.3. The Hall–Kier alpha value is -8.86. The molecule has 4 amide bonds. The molecule has 6 aromatic rings. The molecule has 7 rings (SSSR count). The largest absolute Gasteiger partial charge is 0.363 e. The topological polar surface area (TPSA) is 228 Å². The summed E-state index contributed by atoms with van der Waals surface area (Å²) in [7, 11) is 0. The standard InChI is InChI=1S/C38H48N2O4.C31H31NO5.C11H22N2O2/c1-6-37(43)40(27(2)3)26-35(41)25-39-24-23-36(42)32-19-21-34(22-20-32)38(44)33(17-15-30-11-7-28(4)8-12-30)18-16-31-13-9-29(5)10-14-31;1-21-3-7-23(8-4-21)11-13-25(14-12-24-9-5-22(2)6-10-24)30(35)26-15-17-27(18-16-26)31(36)37-32-28(33)19-20-29(32)34;1-4-11(15)13(9(2)3)8-10(14)6-5-7-12/h7-14,19-22,27,33,39H,6,15-18,23-26H2,1-5H3;3-10,15-18,25H,11-14,19-20H2,1-2H3;9H,4-8,12H2,1-3H3. The zero-order valence-corrected chi connectivity index (χ0v) is 58.2. The lowest BCUT2D eigenvalue weighted by atomic mass is 9.86. The minimum absolute atomic E-state index is 0.0315. The molecule has 16 nitrogen and oxygen atoms in total. The van der Waals surface area contributed by atoms with E-state index in [0.717, 1.165) is 51.4 Å². The monoisotopic (exact) mass is 1310 g/mol. The van der Waals surface area contributed by atoms with E-state index in [1.165, 1.54) is 56.6 Å². The molecule has 1 fully saturated rings. The fourth-order valence-corrected chi connectivity index (χ4v) is 11.0. The predicted molar refractivity (Wildman–Crippen MR) is 377 cm³/mol. The number of hydrogen-bond acceptors (Lipinski definition) is 13. The van der Waals surface area contributed by atoms with Crippen molar-refractivity contribution in [2.75, 3.05) is 32.7 Å². The third-order valence-electron chi connectivity index (χ3n) is 17.1. The maximum atomic E-state index is 13.7. The van der Waals surface area contributed by atoms with Crippen molar-refractivity contribution in [2.24, 2.45) is 17.6 Å². The van der Waals surface area contributed by atoms with Crippen molar-refractivity contribution in [3.8, 4) is 0 Å². The minimum Gasteiger partial charge on any atom is -0.333 e. The molecule has 1 aliphatic heterocycles. The van der Waals surface area contributed by atoms with Crippen LogP contribution < -0.4 is 11.1 Å². The molecule has 0 saturated carbocycles. The van der Waals surface area contributed by atoms with Gasteiger partial charge >= 0.3 is 5.97 Å². The lowest BCUT2D eigenvalue weighted by molar-refractivity contribution is -0.172. The van der Waals surface area contributed by atoms with Gasteiger partial charge in [0.1, 0.15) is 0 Å². The zero-order chi connectivity index (χ0) is 70.3. The number of imide groups is 1. The number of nitrogens with two attached hydrogens (primary N) is 1. The smallest absolute Gasteiger partial charge is 0.333 e. The lowest BCUT2D eigenvalue weighted by Crippen LogP contribution is -2.42. The Morgan fingerprint density at radius 2 is 0.802 bits per heavy atom. The number of amides is 4. The molecule has 0 radical (unpaired) electrons. The number of hydrogen-bond donors (Lipinski definition) is 2. The first kappa shape index (κ1) is 77.8. The van der Waals surface area contributed by atoms with Crippen LogP contribution in [-0.4, -0.2) is 118 Å². The highest BCUT2D eigenvalue weighted by molar-refractivity contribution is 6.04. The van der Waals surface area contributed by atoms with Gasteiger partial charge in [0.2, 0.25) is 11.8 Å². The van der Waals surface area contributed by atoms with Gasteiger partial charge in [-0.15, -0.1) is 5.06 Å². The van der Waals surface area contributed by atoms with Gasteiger partial charge in [0.05, 0.1) is 25.2 Å². The second-order valence-electron chi connectivity index (χ2n) is 25.6. The number of benzene rings is 6. The summed E-state index contributed by atoms with van der Waals surface area (Å²) in [5.74, 6) is -2.09. The van der Waals surface area contributed by atoms with E-state index < -0.39 is 17.8 Å². The summed E-state index contributed by atoms with van der Waals surface area (Å²) in [5.41, 5.74) is 16.9. The van der Waals surface area contributed by atoms with Gasteiger partial charge in [-0.3, -0.25) is 43.2 Å². The van der Waals surface area contributed by atoms with Crippen molar-refractivity contribution in [3.63, 3.8) is 0 Å². The van der Waals surface area contributed by atoms with E-state index in [1.54, 1.807) is 53.1 Å². The van der Waals surface area contributed by atoms with Crippen LogP contribution in [0.5, 0.6) is 0 Å². The Morgan fingerprint density at radius 3 is 1.14 bits per heavy atom. The van der Waals surface area contributed by atoms with Gasteiger partial charge in [-0.2, -0.15) is 0 Å². The molecule has 0 bridgehead atoms. The zero-order valence-electron chi connectivity index (χ0n) is 58.2. The van der Waals surface area contributed by atoms with Crippen molar-refractivity contribution in [1.29, 1.82) is 0 Å². The molecule has 1 saturated heterocycles. The van der Waals surface area contributed by atoms with Gasteiger partial charge in [-0.05, 0) is 154 Å². The van der Waals surface area contributed by atoms with Crippen LogP contribution in [-0.2, 0) is 59.3 Å². The summed E-state index contributed by atoms with van der Waals surface area (Å²) in [5, 5.41) is 3.55. The number of Topliss-reactive ketones (excluding diaryl/α,β-unsaturated/α-hetero) is 5. The highest BCUT2D eigenvalue weighted by Crippen LogP contribution is 2.26. The molecule has 0 atom stereocenters. The number of rotatable bonds is 35. The van der Waals surface area contributed by atoms with Crippen LogP contribution in [0.15, 0.2) is 146 Å². The third-order valence-corrected chi connectivity index (χ3v) is 17.1. The average Bonchev–Trinajstić information content (AvgIpc) is 1.37. The van der Waals surface area contributed by atoms with Crippen LogP contribution >= 0.6 is 0 Å². The lowest BCUT2D eigenvalue weighted by Gasteiger charge is -2.25. The highest BCUT2D eigenvalue weighted by Gasteiger charge is 2.33. The number of ketones is 5. The van der Waals surface area contributed by atoms with E-state index >= 15 is 0 Å². The van der Waals surface area contributed by atoms with Crippen LogP contribution in [0.25, 0.3) is 0 Å². The van der Waals surface area contributed by atoms with Crippen LogP contribution in [0.3, 0.4) is 0 Å². The minimum atomic E-state index is -0.808. The van der Waals surface area contributed by atoms with E-state index in [-0.39, 0.29) is 109 Å². The number of hydroxylamine groups is 2. The van der Waals surface area contributed by atoms with Crippen molar-refractivity contribution in [3.05, 3.63) is 212 Å². The van der Waals surface area contributed by atoms with Gasteiger partial charge in [-0.25, -0.2) is 4.79 Å². The summed E-state index contributed by atoms with van der Waals surface area (Å²) >= 11 is 0. The Labute approximate surface area is 569 Å². The van der Waals surface area contributed by atoms with Gasteiger partial charge in [0.25, 0.3) is 11.8 Å². The van der Waals surface area contributed by atoms with Gasteiger partial charge in [-0.1, -0.05) is 170 Å². The molecule has 0 aromatic heterocycles. The molecule has 0 aliphatic carbocycles. The molecular weight excluding hydrogens is 1210 g/mol. The number of carbonyl (C=O) groups is 10. The van der Waals surface area contributed by atoms with Gasteiger partial charge < -0.3 is 25.7 Å². The molecule has 512 valence electrons. The van der Waals surface area contributed by atoms with Crippen molar-refractivity contribution in [1.82, 2.24) is 20.2 Å². The second kappa shape index (κ2) is 40.5. The van der Waals surface area contributed by atoms with Crippen LogP contribution in [0.2, 0.25) is 0 Å². The number of aryl methyl sites for hydroxylation is 8. The van der Waals surface area contributed by atoms with E-state index in [2.05, 4.69) is 130 Å². The van der Waals surface area contributed by atoms with Gasteiger partial charge in [0, 0.05) is 85.7 Å². The maximum absolute atomic E-state index is 13.7. The number of nitrogens with zero attached hydrogens (tertiary/aromatic N) is 3. The van der Waals surface area contributed by atoms with Crippen molar-refractivity contribution in [2.45, 2.75) is 178 Å². The summed E-state index contributed by atoms with van der Waals surface area (Å²) in [4.78, 5) is 131. The van der Waals surface area contributed by atoms with Crippen LogP contribution in [0.4, 0.5) is 0 Å². The average molecular weight is 1310 g/mol. The first-order valence-electron chi connectivity index (χ1n) is 34.0. The highest BCUT2D eigenvalue weighted by atomic mass is 16.7. The van der Waals surface area contributed by atoms with Gasteiger partial charge in [0.15, 0.2) is 28.9 Å². The Balaban J connectivity index is 0.000000289. The van der Waals surface area contributed by atoms with E-state index in [0.29, 0.717) is 60.5 Å². The third kappa shape index (κ3) is 26.4. The molecule has 6 aromatic carbocycles. The normalized spacial score (nSPS) is 11.9. The summed E-state index contributed by atoms with van der Waals surface area (Å²) in [6.07, 6.45) is 8.51. The molecule has 1 aliphatic rings. The SMILES string of the molecule is CCC(=O)N(CC(=O)CCCN)C(C)C.CCC(=O)N(CC(=O)CNCCC(=O)c1ccc(C(=O)C(CCc2ccc(C)cc2)CCc2ccc(C)cc2)cc1)C(C)C.Cc1ccc(CCC(CCc2ccc(C)cc2)C(=O)c2ccc(C(=O)ON3C(=O)CCC3=O)cc2)cc1. The summed E-state index contributed by atoms with van der Waals surface area (Å²) in [6, 6.07) is 47.0. The fourth-order valence-electron chi connectivity index (χ4n) is 11.0. The summed E-state index contributed by atoms with van der Waals surface area (Å²) in [6.45, 7) is 20.7. The number of carbonyl (C=O) groups excluding carboxylic acids is 10. The molecule has 0 unspecified atom stereocenters. The first-order chi connectivity index (χ1) is 45.9. The Kier molecular flexibility index (Phi) is 32.9. The molecule has 1 heterocycles. The molecular formula is C80H101N5O11. The van der Waals surface area contributed by atoms with Crippen LogP contribution in [0, 0.1) is 39.5 Å². The summed E-state index contributed by atoms with van der Waals surface area (Å²) < 4.78 is 0. The molecule has 16 heteroatoms. The second-order valence-corrected chi connectivity index (χ2v) is 25.6. The number of nitrogens with one attached hydrogen (secondary N) is 1. The molecule has 0 spiro atoms. The molecule has 3 N–H and O–H groups in total. The fraction of sp³-hybridized carbons (Fsp3) is 0.425. The first-order valence-corrected chi connectivity index (χ1v) is 34.0. The van der Waals surface area contributed by atoms with Crippen LogP contribution in [0.1, 0.15) is 198 Å². The van der Waals surface area contributed by atoms with E-state index in [9.17, 15) is 47.9 Å². The van der Waals surface area contributed by atoms with Crippen molar-refractivity contribution >= 4 is 58.5 Å². The Morgan fingerprint density at radius 1 is 0.469 bits per heavy atom. The van der Waals surface area contributed by atoms with Crippen molar-refractivity contribution < 1.29 is 52.8 Å². The maximum Gasteiger partial charge on any atom is 0.363 e.